The summed E-state index contributed by atoms with van der Waals surface area (Å²) in [6.45, 7) is 1.54. The molecule has 0 saturated carbocycles. The van der Waals surface area contributed by atoms with Gasteiger partial charge in [-0.05, 0) is 47.2 Å². The van der Waals surface area contributed by atoms with Gasteiger partial charge in [0.1, 0.15) is 11.6 Å². The van der Waals surface area contributed by atoms with Crippen LogP contribution in [0.1, 0.15) is 5.56 Å². The molecule has 0 N–H and O–H groups in total. The molecule has 0 heterocycles. The number of rotatable bonds is 0. The van der Waals surface area contributed by atoms with Crippen molar-refractivity contribution in [2.75, 3.05) is 0 Å². The van der Waals surface area contributed by atoms with Crippen LogP contribution in [0.15, 0.2) is 12.1 Å². The molecule has 54 valence electrons. The zero-order chi connectivity index (χ0) is 7.72. The van der Waals surface area contributed by atoms with Crippen LogP contribution in [0.3, 0.4) is 0 Å². The van der Waals surface area contributed by atoms with Crippen molar-refractivity contribution in [1.82, 2.24) is 0 Å². The standard InChI is InChI=1S/C7H5F2I/c1-4-2-5(8)3-6(10)7(4)9/h2-3H,1H3. The van der Waals surface area contributed by atoms with Gasteiger partial charge in [0.25, 0.3) is 0 Å². The molecule has 10 heavy (non-hydrogen) atoms. The lowest BCUT2D eigenvalue weighted by atomic mass is 10.2. The topological polar surface area (TPSA) is 0 Å². The van der Waals surface area contributed by atoms with Crippen LogP contribution in [0.5, 0.6) is 0 Å². The first-order valence-electron chi connectivity index (χ1n) is 2.72. The Kier molecular flexibility index (Phi) is 2.23. The molecule has 0 aromatic heterocycles. The molecule has 1 aromatic carbocycles. The molecule has 0 radical (unpaired) electrons. The maximum Gasteiger partial charge on any atom is 0.139 e. The predicted molar refractivity (Wildman–Crippen MR) is 43.8 cm³/mol. The molecule has 0 amide bonds. The second-order valence-corrected chi connectivity index (χ2v) is 3.18. The van der Waals surface area contributed by atoms with Gasteiger partial charge in [0.2, 0.25) is 0 Å². The Morgan fingerprint density at radius 1 is 1.30 bits per heavy atom. The van der Waals surface area contributed by atoms with E-state index in [2.05, 4.69) is 0 Å². The maximum atomic E-state index is 12.7. The lowest BCUT2D eigenvalue weighted by molar-refractivity contribution is 0.585. The lowest BCUT2D eigenvalue weighted by Crippen LogP contribution is -1.88. The minimum absolute atomic E-state index is 0.329. The smallest absolute Gasteiger partial charge is 0.139 e. The van der Waals surface area contributed by atoms with Crippen LogP contribution in [0.2, 0.25) is 0 Å². The molecule has 1 rings (SSSR count). The molecule has 0 aliphatic heterocycles. The number of hydrogen-bond donors (Lipinski definition) is 0. The summed E-state index contributed by atoms with van der Waals surface area (Å²) in [5, 5.41) is 0. The summed E-state index contributed by atoms with van der Waals surface area (Å²) in [4.78, 5) is 0. The first-order valence-corrected chi connectivity index (χ1v) is 3.80. The zero-order valence-corrected chi connectivity index (χ0v) is 7.45. The van der Waals surface area contributed by atoms with E-state index >= 15 is 0 Å². The minimum atomic E-state index is -0.386. The maximum absolute atomic E-state index is 12.7. The van der Waals surface area contributed by atoms with E-state index in [9.17, 15) is 8.78 Å². The molecule has 0 fully saturated rings. The summed E-state index contributed by atoms with van der Waals surface area (Å²) in [6.07, 6.45) is 0. The third-order valence-corrected chi connectivity index (χ3v) is 1.96. The van der Waals surface area contributed by atoms with E-state index in [4.69, 9.17) is 0 Å². The predicted octanol–water partition coefficient (Wildman–Crippen LogP) is 2.88. The fourth-order valence-electron chi connectivity index (χ4n) is 0.685. The van der Waals surface area contributed by atoms with Crippen LogP contribution in [0.25, 0.3) is 0 Å². The fraction of sp³-hybridized carbons (Fsp3) is 0.143. The summed E-state index contributed by atoms with van der Waals surface area (Å²) in [5.41, 5.74) is 0.351. The van der Waals surface area contributed by atoms with Crippen molar-refractivity contribution < 1.29 is 8.78 Å². The molecule has 0 spiro atoms. The highest BCUT2D eigenvalue weighted by atomic mass is 127. The van der Waals surface area contributed by atoms with E-state index in [0.717, 1.165) is 0 Å². The molecule has 0 aliphatic carbocycles. The molecule has 0 unspecified atom stereocenters. The van der Waals surface area contributed by atoms with Crippen molar-refractivity contribution in [3.05, 3.63) is 32.9 Å². The lowest BCUT2D eigenvalue weighted by Gasteiger charge is -1.97. The van der Waals surface area contributed by atoms with Gasteiger partial charge in [-0.25, -0.2) is 8.78 Å². The van der Waals surface area contributed by atoms with Crippen LogP contribution in [0, 0.1) is 22.1 Å². The van der Waals surface area contributed by atoms with Gasteiger partial charge in [-0.2, -0.15) is 0 Å². The summed E-state index contributed by atoms with van der Waals surface area (Å²) in [6, 6.07) is 2.35. The van der Waals surface area contributed by atoms with Gasteiger partial charge in [0.15, 0.2) is 0 Å². The van der Waals surface area contributed by atoms with Crippen molar-refractivity contribution in [3.8, 4) is 0 Å². The van der Waals surface area contributed by atoms with Crippen LogP contribution in [0.4, 0.5) is 8.78 Å². The highest BCUT2D eigenvalue weighted by molar-refractivity contribution is 14.1. The molecule has 0 nitrogen and oxygen atoms in total. The molecule has 0 atom stereocenters. The van der Waals surface area contributed by atoms with E-state index in [0.29, 0.717) is 9.13 Å². The molecule has 0 bridgehead atoms. The zero-order valence-electron chi connectivity index (χ0n) is 5.29. The van der Waals surface area contributed by atoms with Crippen LogP contribution >= 0.6 is 22.6 Å². The summed E-state index contributed by atoms with van der Waals surface area (Å²) in [7, 11) is 0. The molecule has 1 aromatic rings. The molecule has 0 saturated heterocycles. The van der Waals surface area contributed by atoms with Crippen molar-refractivity contribution in [2.24, 2.45) is 0 Å². The number of hydrogen-bond acceptors (Lipinski definition) is 0. The Hall–Kier alpha value is -0.190. The van der Waals surface area contributed by atoms with Crippen molar-refractivity contribution >= 4 is 22.6 Å². The third-order valence-electron chi connectivity index (χ3n) is 1.17. The SMILES string of the molecule is Cc1cc(F)cc(I)c1F. The van der Waals surface area contributed by atoms with E-state index in [1.807, 2.05) is 0 Å². The number of aryl methyl sites for hydroxylation is 1. The van der Waals surface area contributed by atoms with Crippen molar-refractivity contribution in [2.45, 2.75) is 6.92 Å². The molecular weight excluding hydrogens is 249 g/mol. The van der Waals surface area contributed by atoms with Gasteiger partial charge >= 0.3 is 0 Å². The Bertz CT molecular complexity index is 235. The largest absolute Gasteiger partial charge is 0.207 e. The summed E-state index contributed by atoms with van der Waals surface area (Å²) in [5.74, 6) is -0.717. The quantitative estimate of drug-likeness (QED) is 0.493. The number of benzene rings is 1. The van der Waals surface area contributed by atoms with Gasteiger partial charge in [-0.1, -0.05) is 0 Å². The van der Waals surface area contributed by atoms with Crippen LogP contribution in [-0.4, -0.2) is 0 Å². The van der Waals surface area contributed by atoms with Gasteiger partial charge in [-0.15, -0.1) is 0 Å². The van der Waals surface area contributed by atoms with E-state index in [-0.39, 0.29) is 11.6 Å². The van der Waals surface area contributed by atoms with Gasteiger partial charge in [0.05, 0.1) is 3.57 Å². The molecular formula is C7H5F2I. The molecule has 0 aliphatic rings. The fourth-order valence-corrected chi connectivity index (χ4v) is 1.41. The van der Waals surface area contributed by atoms with Crippen LogP contribution in [-0.2, 0) is 0 Å². The third kappa shape index (κ3) is 1.45. The minimum Gasteiger partial charge on any atom is -0.207 e. The van der Waals surface area contributed by atoms with Gasteiger partial charge in [0, 0.05) is 0 Å². The van der Waals surface area contributed by atoms with Crippen molar-refractivity contribution in [3.63, 3.8) is 0 Å². The van der Waals surface area contributed by atoms with E-state index in [1.165, 1.54) is 12.1 Å². The van der Waals surface area contributed by atoms with Crippen LogP contribution < -0.4 is 0 Å². The normalized spacial score (nSPS) is 10.0. The second kappa shape index (κ2) is 2.82. The van der Waals surface area contributed by atoms with Gasteiger partial charge in [-0.3, -0.25) is 0 Å². The van der Waals surface area contributed by atoms with E-state index < -0.39 is 0 Å². The Balaban J connectivity index is 3.31. The number of halogens is 3. The van der Waals surface area contributed by atoms with E-state index in [1.54, 1.807) is 29.5 Å². The monoisotopic (exact) mass is 254 g/mol. The van der Waals surface area contributed by atoms with Crippen molar-refractivity contribution in [1.29, 1.82) is 0 Å². The Morgan fingerprint density at radius 2 is 1.90 bits per heavy atom. The first-order chi connectivity index (χ1) is 4.61. The average molecular weight is 254 g/mol. The second-order valence-electron chi connectivity index (χ2n) is 2.02. The Morgan fingerprint density at radius 3 is 2.40 bits per heavy atom. The Labute approximate surface area is 71.4 Å². The van der Waals surface area contributed by atoms with Gasteiger partial charge < -0.3 is 0 Å². The average Bonchev–Trinajstić information content (AvgIpc) is 1.82. The summed E-state index contributed by atoms with van der Waals surface area (Å²) >= 11 is 1.76. The first kappa shape index (κ1) is 7.91. The highest BCUT2D eigenvalue weighted by Crippen LogP contribution is 2.15. The highest BCUT2D eigenvalue weighted by Gasteiger charge is 2.03. The molecule has 3 heteroatoms. The summed E-state index contributed by atoms with van der Waals surface area (Å²) < 4.78 is 25.5.